The van der Waals surface area contributed by atoms with Gasteiger partial charge in [0.25, 0.3) is 0 Å². The Morgan fingerprint density at radius 3 is 2.35 bits per heavy atom. The van der Waals surface area contributed by atoms with Crippen molar-refractivity contribution >= 4 is 31.6 Å². The van der Waals surface area contributed by atoms with Crippen LogP contribution in [0.25, 0.3) is 0 Å². The number of rotatable bonds is 6. The SMILES string of the molecule is CCC(CC)(CO)NS(=O)(=O)c1cc(N)c(Br)cc1C. The number of sulfonamides is 1. The molecule has 114 valence electrons. The number of nitrogens with one attached hydrogen (secondary N) is 1. The average molecular weight is 365 g/mol. The van der Waals surface area contributed by atoms with Crippen LogP contribution in [0.4, 0.5) is 5.69 Å². The third-order valence-corrected chi connectivity index (χ3v) is 6.00. The van der Waals surface area contributed by atoms with E-state index in [-0.39, 0.29) is 11.5 Å². The molecule has 1 aromatic carbocycles. The Balaban J connectivity index is 3.28. The Morgan fingerprint density at radius 1 is 1.35 bits per heavy atom. The topological polar surface area (TPSA) is 92.4 Å². The van der Waals surface area contributed by atoms with Crippen molar-refractivity contribution < 1.29 is 13.5 Å². The van der Waals surface area contributed by atoms with Crippen molar-refractivity contribution in [3.05, 3.63) is 22.2 Å². The average Bonchev–Trinajstić information content (AvgIpc) is 2.40. The first-order chi connectivity index (χ1) is 9.21. The highest BCUT2D eigenvalue weighted by atomic mass is 79.9. The molecule has 0 aliphatic heterocycles. The van der Waals surface area contributed by atoms with Gasteiger partial charge in [0.05, 0.1) is 17.0 Å². The quantitative estimate of drug-likeness (QED) is 0.674. The van der Waals surface area contributed by atoms with Crippen LogP contribution in [0.3, 0.4) is 0 Å². The van der Waals surface area contributed by atoms with Gasteiger partial charge in [0.2, 0.25) is 10.0 Å². The Kier molecular flexibility index (Phi) is 5.60. The van der Waals surface area contributed by atoms with Gasteiger partial charge in [-0.25, -0.2) is 13.1 Å². The fourth-order valence-corrected chi connectivity index (χ4v) is 4.20. The lowest BCUT2D eigenvalue weighted by Crippen LogP contribution is -2.50. The summed E-state index contributed by atoms with van der Waals surface area (Å²) in [6.45, 7) is 5.14. The van der Waals surface area contributed by atoms with Gasteiger partial charge in [0.15, 0.2) is 0 Å². The first-order valence-electron chi connectivity index (χ1n) is 6.42. The zero-order valence-corrected chi connectivity index (χ0v) is 14.3. The van der Waals surface area contributed by atoms with E-state index in [4.69, 9.17) is 5.73 Å². The van der Waals surface area contributed by atoms with Crippen molar-refractivity contribution in [3.8, 4) is 0 Å². The minimum absolute atomic E-state index is 0.137. The van der Waals surface area contributed by atoms with Gasteiger partial charge in [-0.1, -0.05) is 13.8 Å². The molecule has 0 aliphatic carbocycles. The van der Waals surface area contributed by atoms with E-state index < -0.39 is 15.6 Å². The molecule has 0 heterocycles. The third-order valence-electron chi connectivity index (χ3n) is 3.59. The summed E-state index contributed by atoms with van der Waals surface area (Å²) in [4.78, 5) is 0.137. The molecule has 0 saturated heterocycles. The van der Waals surface area contributed by atoms with E-state index >= 15 is 0 Å². The molecule has 0 aliphatic rings. The van der Waals surface area contributed by atoms with Crippen LogP contribution in [0.5, 0.6) is 0 Å². The van der Waals surface area contributed by atoms with E-state index in [0.29, 0.717) is 28.6 Å². The molecule has 0 unspecified atom stereocenters. The number of hydrogen-bond acceptors (Lipinski definition) is 4. The molecule has 20 heavy (non-hydrogen) atoms. The highest BCUT2D eigenvalue weighted by Gasteiger charge is 2.32. The molecule has 0 fully saturated rings. The Bertz CT molecular complexity index is 575. The second-order valence-corrected chi connectivity index (χ2v) is 7.40. The number of anilines is 1. The molecule has 7 heteroatoms. The summed E-state index contributed by atoms with van der Waals surface area (Å²) >= 11 is 3.27. The second kappa shape index (κ2) is 6.43. The largest absolute Gasteiger partial charge is 0.398 e. The molecule has 1 aromatic rings. The predicted octanol–water partition coefficient (Wildman–Crippen LogP) is 2.17. The Labute approximate surface area is 128 Å². The minimum atomic E-state index is -3.73. The van der Waals surface area contributed by atoms with Crippen molar-refractivity contribution in [1.29, 1.82) is 0 Å². The summed E-state index contributed by atoms with van der Waals surface area (Å²) in [6, 6.07) is 3.09. The number of benzene rings is 1. The lowest BCUT2D eigenvalue weighted by atomic mass is 9.96. The highest BCUT2D eigenvalue weighted by Crippen LogP contribution is 2.28. The fourth-order valence-electron chi connectivity index (χ4n) is 1.95. The number of nitrogens with two attached hydrogens (primary N) is 1. The van der Waals surface area contributed by atoms with Crippen LogP contribution < -0.4 is 10.5 Å². The van der Waals surface area contributed by atoms with Crippen molar-refractivity contribution in [2.45, 2.75) is 44.0 Å². The van der Waals surface area contributed by atoms with Crippen molar-refractivity contribution in [2.75, 3.05) is 12.3 Å². The molecular formula is C13H21BrN2O3S. The predicted molar refractivity (Wildman–Crippen MR) is 84.0 cm³/mol. The van der Waals surface area contributed by atoms with E-state index in [1.165, 1.54) is 6.07 Å². The van der Waals surface area contributed by atoms with Crippen LogP contribution in [0, 0.1) is 6.92 Å². The highest BCUT2D eigenvalue weighted by molar-refractivity contribution is 9.10. The number of hydrogen-bond donors (Lipinski definition) is 3. The van der Waals surface area contributed by atoms with Gasteiger partial charge in [0.1, 0.15) is 0 Å². The molecule has 0 aromatic heterocycles. The summed E-state index contributed by atoms with van der Waals surface area (Å²) in [5.41, 5.74) is 5.87. The van der Waals surface area contributed by atoms with Gasteiger partial charge in [-0.3, -0.25) is 0 Å². The smallest absolute Gasteiger partial charge is 0.241 e. The molecule has 4 N–H and O–H groups in total. The molecule has 0 saturated carbocycles. The maximum Gasteiger partial charge on any atom is 0.241 e. The van der Waals surface area contributed by atoms with Crippen molar-refractivity contribution in [1.82, 2.24) is 4.72 Å². The first-order valence-corrected chi connectivity index (χ1v) is 8.69. The molecule has 0 amide bonds. The van der Waals surface area contributed by atoms with Crippen LogP contribution in [0.15, 0.2) is 21.5 Å². The number of nitrogen functional groups attached to an aromatic ring is 1. The van der Waals surface area contributed by atoms with E-state index in [9.17, 15) is 13.5 Å². The summed E-state index contributed by atoms with van der Waals surface area (Å²) in [5.74, 6) is 0. The van der Waals surface area contributed by atoms with Crippen LogP contribution in [-0.2, 0) is 10.0 Å². The van der Waals surface area contributed by atoms with Gasteiger partial charge < -0.3 is 10.8 Å². The van der Waals surface area contributed by atoms with Gasteiger partial charge >= 0.3 is 0 Å². The van der Waals surface area contributed by atoms with Crippen LogP contribution in [-0.4, -0.2) is 25.7 Å². The second-order valence-electron chi connectivity index (χ2n) is 4.89. The van der Waals surface area contributed by atoms with Gasteiger partial charge in [0, 0.05) is 10.2 Å². The maximum atomic E-state index is 12.5. The van der Waals surface area contributed by atoms with Crippen LogP contribution >= 0.6 is 15.9 Å². The minimum Gasteiger partial charge on any atom is -0.398 e. The van der Waals surface area contributed by atoms with Crippen LogP contribution in [0.2, 0.25) is 0 Å². The Hall–Kier alpha value is -0.630. The summed E-state index contributed by atoms with van der Waals surface area (Å²) < 4.78 is 28.3. The standard InChI is InChI=1S/C13H21BrN2O3S/c1-4-13(5-2,8-17)16-20(18,19)12-7-11(15)10(14)6-9(12)3/h6-7,16-17H,4-5,8,15H2,1-3H3. The molecule has 0 spiro atoms. The third kappa shape index (κ3) is 3.52. The fraction of sp³-hybridized carbons (Fsp3) is 0.538. The van der Waals surface area contributed by atoms with E-state index in [1.807, 2.05) is 13.8 Å². The monoisotopic (exact) mass is 364 g/mol. The van der Waals surface area contributed by atoms with E-state index in [0.717, 1.165) is 0 Å². The number of aryl methyl sites for hydroxylation is 1. The Morgan fingerprint density at radius 2 is 1.90 bits per heavy atom. The summed E-state index contributed by atoms with van der Waals surface area (Å²) in [7, 11) is -3.73. The number of halogens is 1. The molecule has 5 nitrogen and oxygen atoms in total. The molecule has 1 rings (SSSR count). The normalized spacial score (nSPS) is 12.7. The van der Waals surface area contributed by atoms with Crippen molar-refractivity contribution in [3.63, 3.8) is 0 Å². The zero-order chi connectivity index (χ0) is 15.6. The van der Waals surface area contributed by atoms with Crippen LogP contribution in [0.1, 0.15) is 32.3 Å². The molecular weight excluding hydrogens is 344 g/mol. The zero-order valence-electron chi connectivity index (χ0n) is 11.9. The molecule has 0 bridgehead atoms. The molecule has 0 radical (unpaired) electrons. The first kappa shape index (κ1) is 17.4. The van der Waals surface area contributed by atoms with E-state index in [2.05, 4.69) is 20.7 Å². The van der Waals surface area contributed by atoms with E-state index in [1.54, 1.807) is 13.0 Å². The van der Waals surface area contributed by atoms with Gasteiger partial charge in [-0.15, -0.1) is 0 Å². The number of aliphatic hydroxyl groups is 1. The summed E-state index contributed by atoms with van der Waals surface area (Å²) in [5, 5.41) is 9.50. The van der Waals surface area contributed by atoms with Gasteiger partial charge in [-0.2, -0.15) is 0 Å². The van der Waals surface area contributed by atoms with Crippen molar-refractivity contribution in [2.24, 2.45) is 0 Å². The van der Waals surface area contributed by atoms with Gasteiger partial charge in [-0.05, 0) is 53.4 Å². The summed E-state index contributed by atoms with van der Waals surface area (Å²) in [6.07, 6.45) is 1.01. The maximum absolute atomic E-state index is 12.5. The number of aliphatic hydroxyl groups excluding tert-OH is 1. The molecule has 0 atom stereocenters. The lowest BCUT2D eigenvalue weighted by Gasteiger charge is -2.30. The lowest BCUT2D eigenvalue weighted by molar-refractivity contribution is 0.172.